The molecule has 0 fully saturated rings. The molecule has 0 aliphatic heterocycles. The zero-order chi connectivity index (χ0) is 13.1. The third-order valence-electron chi connectivity index (χ3n) is 3.19. The van der Waals surface area contributed by atoms with Gasteiger partial charge in [0.25, 0.3) is 5.91 Å². The summed E-state index contributed by atoms with van der Waals surface area (Å²) in [4.78, 5) is 11.4. The normalized spacial score (nSPS) is 12.2. The molecular weight excluding hydrogens is 226 g/mol. The van der Waals surface area contributed by atoms with Crippen molar-refractivity contribution in [3.63, 3.8) is 0 Å². The van der Waals surface area contributed by atoms with Crippen LogP contribution in [0.25, 0.3) is 16.3 Å². The Kier molecular flexibility index (Phi) is 3.44. The molecule has 18 heavy (non-hydrogen) atoms. The predicted molar refractivity (Wildman–Crippen MR) is 72.1 cm³/mol. The van der Waals surface area contributed by atoms with Crippen molar-refractivity contribution in [1.82, 2.24) is 5.48 Å². The van der Waals surface area contributed by atoms with Crippen LogP contribution in [-0.2, 0) is 4.79 Å². The van der Waals surface area contributed by atoms with Gasteiger partial charge in [-0.3, -0.25) is 10.0 Å². The fraction of sp³-hybridized carbons (Fsp3) is 0.133. The topological polar surface area (TPSA) is 49.3 Å². The van der Waals surface area contributed by atoms with Crippen LogP contribution in [0.5, 0.6) is 0 Å². The van der Waals surface area contributed by atoms with Crippen molar-refractivity contribution in [1.29, 1.82) is 0 Å². The summed E-state index contributed by atoms with van der Waals surface area (Å²) >= 11 is 0. The summed E-state index contributed by atoms with van der Waals surface area (Å²) in [7, 11) is 0. The molecule has 2 rings (SSSR count). The molecular formula is C15H15NO2. The van der Waals surface area contributed by atoms with Crippen molar-refractivity contribution in [2.24, 2.45) is 0 Å². The number of benzene rings is 2. The Bertz CT molecular complexity index is 629. The van der Waals surface area contributed by atoms with Gasteiger partial charge in [0.05, 0.1) is 0 Å². The smallest absolute Gasteiger partial charge is 0.270 e. The molecule has 0 heterocycles. The Morgan fingerprint density at radius 2 is 1.72 bits per heavy atom. The average molecular weight is 241 g/mol. The van der Waals surface area contributed by atoms with E-state index in [9.17, 15) is 4.79 Å². The van der Waals surface area contributed by atoms with Gasteiger partial charge in [-0.05, 0) is 41.8 Å². The minimum absolute atomic E-state index is 0.472. The third-order valence-corrected chi connectivity index (χ3v) is 3.19. The highest BCUT2D eigenvalue weighted by atomic mass is 16.5. The number of amides is 1. The molecule has 0 atom stereocenters. The van der Waals surface area contributed by atoms with Gasteiger partial charge in [0, 0.05) is 5.57 Å². The van der Waals surface area contributed by atoms with Crippen LogP contribution < -0.4 is 5.48 Å². The van der Waals surface area contributed by atoms with Crippen molar-refractivity contribution < 1.29 is 10.0 Å². The van der Waals surface area contributed by atoms with Crippen LogP contribution in [0.1, 0.15) is 19.4 Å². The fourth-order valence-electron chi connectivity index (χ4n) is 1.89. The zero-order valence-corrected chi connectivity index (χ0v) is 10.4. The standard InChI is InChI=1S/C15H15NO2/c1-10(11(2)15(17)16-18)13-8-7-12-5-3-4-6-14(12)9-13/h3-9,18H,1-2H3,(H,16,17). The van der Waals surface area contributed by atoms with Crippen LogP contribution >= 0.6 is 0 Å². The first-order valence-electron chi connectivity index (χ1n) is 5.74. The summed E-state index contributed by atoms with van der Waals surface area (Å²) < 4.78 is 0. The number of nitrogens with one attached hydrogen (secondary N) is 1. The molecule has 0 aliphatic carbocycles. The number of hydrogen-bond acceptors (Lipinski definition) is 2. The van der Waals surface area contributed by atoms with Crippen molar-refractivity contribution in [3.05, 3.63) is 53.6 Å². The van der Waals surface area contributed by atoms with Crippen molar-refractivity contribution >= 4 is 22.3 Å². The van der Waals surface area contributed by atoms with Crippen molar-refractivity contribution in [3.8, 4) is 0 Å². The SMILES string of the molecule is CC(C(=O)NO)=C(C)c1ccc2ccccc2c1. The number of allylic oxidation sites excluding steroid dienone is 1. The molecule has 3 heteroatoms. The number of carbonyl (C=O) groups excluding carboxylic acids is 1. The first kappa shape index (κ1) is 12.3. The van der Waals surface area contributed by atoms with E-state index in [1.165, 1.54) is 5.39 Å². The molecule has 0 unspecified atom stereocenters. The van der Waals surface area contributed by atoms with Gasteiger partial charge in [0.2, 0.25) is 0 Å². The maximum atomic E-state index is 11.4. The lowest BCUT2D eigenvalue weighted by atomic mass is 9.99. The quantitative estimate of drug-likeness (QED) is 0.482. The summed E-state index contributed by atoms with van der Waals surface area (Å²) in [6.45, 7) is 3.56. The third kappa shape index (κ3) is 2.26. The van der Waals surface area contributed by atoms with E-state index in [0.717, 1.165) is 16.5 Å². The van der Waals surface area contributed by atoms with E-state index in [2.05, 4.69) is 0 Å². The van der Waals surface area contributed by atoms with Crippen LogP contribution in [0.2, 0.25) is 0 Å². The van der Waals surface area contributed by atoms with E-state index >= 15 is 0 Å². The summed E-state index contributed by atoms with van der Waals surface area (Å²) in [5.74, 6) is -0.472. The maximum Gasteiger partial charge on any atom is 0.270 e. The lowest BCUT2D eigenvalue weighted by Crippen LogP contribution is -2.20. The summed E-state index contributed by atoms with van der Waals surface area (Å²) in [6, 6.07) is 14.1. The molecule has 0 saturated carbocycles. The van der Waals surface area contributed by atoms with Gasteiger partial charge in [-0.1, -0.05) is 36.4 Å². The van der Waals surface area contributed by atoms with Gasteiger partial charge in [-0.15, -0.1) is 0 Å². The highest BCUT2D eigenvalue weighted by Crippen LogP contribution is 2.23. The molecule has 0 radical (unpaired) electrons. The second kappa shape index (κ2) is 5.02. The summed E-state index contributed by atoms with van der Waals surface area (Å²) in [5.41, 5.74) is 4.00. The first-order chi connectivity index (χ1) is 8.63. The summed E-state index contributed by atoms with van der Waals surface area (Å²) in [5, 5.41) is 10.9. The molecule has 2 N–H and O–H groups in total. The van der Waals surface area contributed by atoms with Crippen LogP contribution in [0.3, 0.4) is 0 Å². The van der Waals surface area contributed by atoms with E-state index in [4.69, 9.17) is 5.21 Å². The van der Waals surface area contributed by atoms with Crippen LogP contribution in [0, 0.1) is 0 Å². The fourth-order valence-corrected chi connectivity index (χ4v) is 1.89. The van der Waals surface area contributed by atoms with E-state index in [1.54, 1.807) is 12.4 Å². The second-order valence-electron chi connectivity index (χ2n) is 4.25. The number of carbonyl (C=O) groups is 1. The highest BCUT2D eigenvalue weighted by Gasteiger charge is 2.08. The monoisotopic (exact) mass is 241 g/mol. The molecule has 0 aliphatic rings. The molecule has 0 aromatic heterocycles. The molecule has 0 saturated heterocycles. The lowest BCUT2D eigenvalue weighted by molar-refractivity contribution is -0.125. The Hall–Kier alpha value is -2.13. The largest absolute Gasteiger partial charge is 0.288 e. The Labute approximate surface area is 106 Å². The number of hydroxylamine groups is 1. The van der Waals surface area contributed by atoms with E-state index in [1.807, 2.05) is 49.4 Å². The Balaban J connectivity index is 2.51. The Morgan fingerprint density at radius 1 is 1.06 bits per heavy atom. The van der Waals surface area contributed by atoms with Gasteiger partial charge >= 0.3 is 0 Å². The second-order valence-corrected chi connectivity index (χ2v) is 4.25. The van der Waals surface area contributed by atoms with E-state index in [-0.39, 0.29) is 0 Å². The molecule has 0 spiro atoms. The van der Waals surface area contributed by atoms with Gasteiger partial charge in [0.15, 0.2) is 0 Å². The molecule has 92 valence electrons. The van der Waals surface area contributed by atoms with Crippen LogP contribution in [-0.4, -0.2) is 11.1 Å². The molecule has 2 aromatic rings. The minimum atomic E-state index is -0.472. The van der Waals surface area contributed by atoms with Gasteiger partial charge < -0.3 is 0 Å². The first-order valence-corrected chi connectivity index (χ1v) is 5.74. The lowest BCUT2D eigenvalue weighted by Gasteiger charge is -2.08. The average Bonchev–Trinajstić information content (AvgIpc) is 2.44. The van der Waals surface area contributed by atoms with Crippen molar-refractivity contribution in [2.75, 3.05) is 0 Å². The molecule has 3 nitrogen and oxygen atoms in total. The summed E-state index contributed by atoms with van der Waals surface area (Å²) in [6.07, 6.45) is 0. The molecule has 1 amide bonds. The zero-order valence-electron chi connectivity index (χ0n) is 10.4. The van der Waals surface area contributed by atoms with Gasteiger partial charge in [-0.25, -0.2) is 5.48 Å². The number of rotatable bonds is 2. The van der Waals surface area contributed by atoms with Gasteiger partial charge in [0.1, 0.15) is 0 Å². The van der Waals surface area contributed by atoms with E-state index < -0.39 is 5.91 Å². The van der Waals surface area contributed by atoms with Gasteiger partial charge in [-0.2, -0.15) is 0 Å². The maximum absolute atomic E-state index is 11.4. The van der Waals surface area contributed by atoms with E-state index in [0.29, 0.717) is 5.57 Å². The number of fused-ring (bicyclic) bond motifs is 1. The minimum Gasteiger partial charge on any atom is -0.288 e. The Morgan fingerprint density at radius 3 is 2.39 bits per heavy atom. The number of hydrogen-bond donors (Lipinski definition) is 2. The van der Waals surface area contributed by atoms with Crippen LogP contribution in [0.15, 0.2) is 48.0 Å². The molecule has 0 bridgehead atoms. The molecule has 2 aromatic carbocycles. The van der Waals surface area contributed by atoms with Crippen molar-refractivity contribution in [2.45, 2.75) is 13.8 Å². The predicted octanol–water partition coefficient (Wildman–Crippen LogP) is 3.14. The van der Waals surface area contributed by atoms with Crippen LogP contribution in [0.4, 0.5) is 0 Å². The highest BCUT2D eigenvalue weighted by molar-refractivity contribution is 6.00.